The number of rotatable bonds is 4. The second-order valence-corrected chi connectivity index (χ2v) is 10.9. The lowest BCUT2D eigenvalue weighted by Gasteiger charge is -2.51. The number of fused-ring (bicyclic) bond motifs is 6. The van der Waals surface area contributed by atoms with Gasteiger partial charge in [0.25, 0.3) is 0 Å². The van der Waals surface area contributed by atoms with Crippen molar-refractivity contribution < 1.29 is 24.1 Å². The lowest BCUT2D eigenvalue weighted by molar-refractivity contribution is -0.136. The summed E-state index contributed by atoms with van der Waals surface area (Å²) in [4.78, 5) is 15.3. The molecule has 6 nitrogen and oxygen atoms in total. The molecule has 198 valence electrons. The summed E-state index contributed by atoms with van der Waals surface area (Å²) in [6.07, 6.45) is 0.466. The van der Waals surface area contributed by atoms with Crippen molar-refractivity contribution in [2.45, 2.75) is 36.4 Å². The van der Waals surface area contributed by atoms with Crippen LogP contribution in [-0.2, 0) is 15.1 Å². The van der Waals surface area contributed by atoms with Crippen molar-refractivity contribution in [3.63, 3.8) is 0 Å². The molecule has 0 saturated carbocycles. The van der Waals surface area contributed by atoms with Crippen molar-refractivity contribution >= 4 is 16.9 Å². The smallest absolute Gasteiger partial charge is 0.410 e. The third-order valence-corrected chi connectivity index (χ3v) is 8.69. The van der Waals surface area contributed by atoms with E-state index in [0.29, 0.717) is 26.1 Å². The number of hydrogen-bond donors (Lipinski definition) is 1. The van der Waals surface area contributed by atoms with Crippen LogP contribution in [0.2, 0.25) is 0 Å². The summed E-state index contributed by atoms with van der Waals surface area (Å²) in [5.41, 5.74) is 4.61. The largest absolute Gasteiger partial charge is 0.497 e. The molecular formula is C33H31NO5. The van der Waals surface area contributed by atoms with Crippen molar-refractivity contribution in [3.05, 3.63) is 102 Å². The highest BCUT2D eigenvalue weighted by Gasteiger charge is 2.49. The molecule has 1 N–H and O–H groups in total. The van der Waals surface area contributed by atoms with Gasteiger partial charge >= 0.3 is 6.09 Å². The number of benzene rings is 4. The molecule has 2 unspecified atom stereocenters. The van der Waals surface area contributed by atoms with Gasteiger partial charge in [-0.1, -0.05) is 66.7 Å². The first kappa shape index (κ1) is 24.2. The van der Waals surface area contributed by atoms with Gasteiger partial charge in [0, 0.05) is 18.8 Å². The fourth-order valence-electron chi connectivity index (χ4n) is 6.82. The van der Waals surface area contributed by atoms with E-state index in [4.69, 9.17) is 14.2 Å². The molecule has 4 aromatic carbocycles. The Morgan fingerprint density at radius 1 is 0.897 bits per heavy atom. The molecule has 0 spiro atoms. The quantitative estimate of drug-likeness (QED) is 0.365. The maximum Gasteiger partial charge on any atom is 0.410 e. The molecule has 0 aromatic heterocycles. The van der Waals surface area contributed by atoms with E-state index in [1.165, 1.54) is 22.3 Å². The van der Waals surface area contributed by atoms with Crippen molar-refractivity contribution in [2.75, 3.05) is 26.9 Å². The zero-order chi connectivity index (χ0) is 26.6. The van der Waals surface area contributed by atoms with Crippen LogP contribution in [0.5, 0.6) is 5.75 Å². The molecule has 2 aliphatic heterocycles. The average molecular weight is 522 g/mol. The minimum absolute atomic E-state index is 0.00962. The molecule has 2 saturated heterocycles. The van der Waals surface area contributed by atoms with E-state index in [0.717, 1.165) is 22.1 Å². The molecule has 2 bridgehead atoms. The zero-order valence-corrected chi connectivity index (χ0v) is 21.9. The van der Waals surface area contributed by atoms with E-state index in [1.54, 1.807) is 7.11 Å². The molecule has 4 aromatic rings. The van der Waals surface area contributed by atoms with Gasteiger partial charge in [-0.05, 0) is 56.8 Å². The predicted molar refractivity (Wildman–Crippen MR) is 149 cm³/mol. The van der Waals surface area contributed by atoms with E-state index in [1.807, 2.05) is 65.6 Å². The Kier molecular flexibility index (Phi) is 5.83. The normalized spacial score (nSPS) is 23.8. The molecule has 2 atom stereocenters. The number of ether oxygens (including phenoxy) is 3. The zero-order valence-electron chi connectivity index (χ0n) is 21.9. The van der Waals surface area contributed by atoms with Crippen LogP contribution >= 0.6 is 0 Å². The molecule has 3 aliphatic rings. The van der Waals surface area contributed by atoms with E-state index >= 15 is 0 Å². The van der Waals surface area contributed by atoms with Crippen molar-refractivity contribution in [2.24, 2.45) is 0 Å². The van der Waals surface area contributed by atoms with Gasteiger partial charge in [0.2, 0.25) is 0 Å². The monoisotopic (exact) mass is 521 g/mol. The van der Waals surface area contributed by atoms with Crippen LogP contribution in [0.25, 0.3) is 21.9 Å². The van der Waals surface area contributed by atoms with E-state index in [2.05, 4.69) is 24.3 Å². The second kappa shape index (κ2) is 9.40. The van der Waals surface area contributed by atoms with Gasteiger partial charge in [-0.25, -0.2) is 4.79 Å². The first-order chi connectivity index (χ1) is 19.0. The van der Waals surface area contributed by atoms with Crippen LogP contribution in [0.15, 0.2) is 84.9 Å². The Balaban J connectivity index is 1.10. The van der Waals surface area contributed by atoms with Gasteiger partial charge in [-0.15, -0.1) is 0 Å². The maximum atomic E-state index is 13.5. The number of nitrogens with zero attached hydrogens (tertiary/aromatic N) is 1. The number of piperidine rings is 1. The molecule has 1 aliphatic carbocycles. The van der Waals surface area contributed by atoms with E-state index in [-0.39, 0.29) is 30.7 Å². The van der Waals surface area contributed by atoms with Gasteiger partial charge in [0.15, 0.2) is 0 Å². The molecule has 2 fully saturated rings. The van der Waals surface area contributed by atoms with Crippen molar-refractivity contribution in [1.82, 2.24) is 4.90 Å². The van der Waals surface area contributed by atoms with E-state index < -0.39 is 5.60 Å². The molecule has 39 heavy (non-hydrogen) atoms. The summed E-state index contributed by atoms with van der Waals surface area (Å²) in [6, 6.07) is 28.2. The Morgan fingerprint density at radius 3 is 2.18 bits per heavy atom. The Bertz CT molecular complexity index is 1510. The standard InChI is InChI=1S/C33H31NO5/c1-37-26-13-11-21-14-23(12-10-22(21)15-26)33(36)16-24-18-38-19-25(17-33)34(24)32(35)39-20-31-29-8-4-2-6-27(29)28-7-3-5-9-30(28)31/h2-15,24-25,31,36H,16-20H2,1H3. The Morgan fingerprint density at radius 2 is 1.51 bits per heavy atom. The fourth-order valence-corrected chi connectivity index (χ4v) is 6.82. The van der Waals surface area contributed by atoms with Gasteiger partial charge in [-0.2, -0.15) is 0 Å². The highest BCUT2D eigenvalue weighted by atomic mass is 16.6. The van der Waals surface area contributed by atoms with E-state index in [9.17, 15) is 9.90 Å². The summed E-state index contributed by atoms with van der Waals surface area (Å²) in [6.45, 7) is 1.05. The molecule has 6 heteroatoms. The van der Waals surface area contributed by atoms with Crippen LogP contribution < -0.4 is 4.74 Å². The molecule has 0 radical (unpaired) electrons. The Hall–Kier alpha value is -3.87. The maximum absolute atomic E-state index is 13.5. The van der Waals surface area contributed by atoms with Crippen molar-refractivity contribution in [1.29, 1.82) is 0 Å². The van der Waals surface area contributed by atoms with Gasteiger partial charge in [0.1, 0.15) is 12.4 Å². The number of aliphatic hydroxyl groups is 1. The number of hydrogen-bond acceptors (Lipinski definition) is 5. The molecular weight excluding hydrogens is 490 g/mol. The summed E-state index contributed by atoms with van der Waals surface area (Å²) < 4.78 is 17.2. The number of carbonyl (C=O) groups is 1. The SMILES string of the molecule is COc1ccc2cc(C3(O)CC4COCC(C3)N4C(=O)OCC3c4ccccc4-c4ccccc43)ccc2c1. The second-order valence-electron chi connectivity index (χ2n) is 10.9. The molecule has 7 rings (SSSR count). The highest BCUT2D eigenvalue weighted by Crippen LogP contribution is 2.45. The summed E-state index contributed by atoms with van der Waals surface area (Å²) >= 11 is 0. The van der Waals surface area contributed by atoms with Crippen LogP contribution in [-0.4, -0.2) is 55.1 Å². The third kappa shape index (κ3) is 4.06. The lowest BCUT2D eigenvalue weighted by Crippen LogP contribution is -2.62. The first-order valence-corrected chi connectivity index (χ1v) is 13.6. The van der Waals surface area contributed by atoms with Gasteiger partial charge in [-0.3, -0.25) is 4.90 Å². The third-order valence-electron chi connectivity index (χ3n) is 8.69. The van der Waals surface area contributed by atoms with Crippen molar-refractivity contribution in [3.8, 4) is 16.9 Å². The average Bonchev–Trinajstić information content (AvgIpc) is 3.28. The highest BCUT2D eigenvalue weighted by molar-refractivity contribution is 5.85. The van der Waals surface area contributed by atoms with Gasteiger partial charge < -0.3 is 19.3 Å². The van der Waals surface area contributed by atoms with Crippen LogP contribution in [0.4, 0.5) is 4.79 Å². The number of morpholine rings is 1. The summed E-state index contributed by atoms with van der Waals surface area (Å²) in [5.74, 6) is 0.812. The lowest BCUT2D eigenvalue weighted by atomic mass is 9.76. The van der Waals surface area contributed by atoms with Crippen LogP contribution in [0.1, 0.15) is 35.4 Å². The topological polar surface area (TPSA) is 68.2 Å². The minimum atomic E-state index is -1.05. The first-order valence-electron chi connectivity index (χ1n) is 13.6. The van der Waals surface area contributed by atoms with Gasteiger partial charge in [0.05, 0.1) is 38.0 Å². The predicted octanol–water partition coefficient (Wildman–Crippen LogP) is 5.85. The van der Waals surface area contributed by atoms with Crippen LogP contribution in [0, 0.1) is 0 Å². The number of amides is 1. The minimum Gasteiger partial charge on any atom is -0.497 e. The Labute approximate surface area is 227 Å². The van der Waals surface area contributed by atoms with Crippen LogP contribution in [0.3, 0.4) is 0 Å². The molecule has 1 amide bonds. The summed E-state index contributed by atoms with van der Waals surface area (Å²) in [5, 5.41) is 14.0. The molecule has 2 heterocycles. The number of methoxy groups -OCH3 is 1. The fraction of sp³-hybridized carbons (Fsp3) is 0.303. The number of carbonyl (C=O) groups excluding carboxylic acids is 1. The summed E-state index contributed by atoms with van der Waals surface area (Å²) in [7, 11) is 1.66.